The zero-order chi connectivity index (χ0) is 25.4. The molecule has 0 saturated heterocycles. The lowest BCUT2D eigenvalue weighted by atomic mass is 10.1. The van der Waals surface area contributed by atoms with E-state index in [1.165, 1.54) is 19.2 Å². The van der Waals surface area contributed by atoms with Crippen LogP contribution in [0, 0.1) is 0 Å². The number of hydrogen-bond acceptors (Lipinski definition) is 7. The van der Waals surface area contributed by atoms with Gasteiger partial charge in [-0.2, -0.15) is 0 Å². The quantitative estimate of drug-likeness (QED) is 0.316. The van der Waals surface area contributed by atoms with Crippen molar-refractivity contribution in [2.45, 2.75) is 13.3 Å². The SMILES string of the molecule is CCc1cc(OC)cc(C(=S)N(C)CC(=O)C(=O)NN(C)C(=S)c2cc(OC)cc(OC)c2)c1. The predicted molar refractivity (Wildman–Crippen MR) is 139 cm³/mol. The summed E-state index contributed by atoms with van der Waals surface area (Å²) in [7, 11) is 7.86. The predicted octanol–water partition coefficient (Wildman–Crippen LogP) is 2.79. The number of carbonyl (C=O) groups is 2. The topological polar surface area (TPSA) is 80.3 Å². The van der Waals surface area contributed by atoms with E-state index in [0.29, 0.717) is 27.8 Å². The highest BCUT2D eigenvalue weighted by molar-refractivity contribution is 7.80. The Morgan fingerprint density at radius 3 is 1.82 bits per heavy atom. The summed E-state index contributed by atoms with van der Waals surface area (Å²) < 4.78 is 15.8. The van der Waals surface area contributed by atoms with Gasteiger partial charge in [0.2, 0.25) is 5.78 Å². The first-order chi connectivity index (χ1) is 16.1. The third kappa shape index (κ3) is 6.88. The number of thiocarbonyl (C=S) groups is 2. The molecule has 0 aliphatic rings. The van der Waals surface area contributed by atoms with E-state index in [0.717, 1.165) is 17.5 Å². The summed E-state index contributed by atoms with van der Waals surface area (Å²) >= 11 is 11.0. The van der Waals surface area contributed by atoms with Crippen molar-refractivity contribution in [1.82, 2.24) is 15.3 Å². The summed E-state index contributed by atoms with van der Waals surface area (Å²) in [6, 6.07) is 10.8. The maximum Gasteiger partial charge on any atom is 0.307 e. The first kappa shape index (κ1) is 27.0. The van der Waals surface area contributed by atoms with Gasteiger partial charge in [0.15, 0.2) is 0 Å². The molecule has 0 radical (unpaired) electrons. The Morgan fingerprint density at radius 2 is 1.32 bits per heavy atom. The minimum Gasteiger partial charge on any atom is -0.497 e. The number of hydrogen-bond donors (Lipinski definition) is 1. The van der Waals surface area contributed by atoms with Crippen molar-refractivity contribution in [2.24, 2.45) is 0 Å². The second kappa shape index (κ2) is 12.3. The number of Topliss-reactive ketones (excluding diaryl/α,β-unsaturated/α-hetero) is 1. The molecule has 0 aromatic heterocycles. The van der Waals surface area contributed by atoms with Crippen molar-refractivity contribution in [2.75, 3.05) is 42.0 Å². The van der Waals surface area contributed by atoms with Crippen molar-refractivity contribution in [3.63, 3.8) is 0 Å². The van der Waals surface area contributed by atoms with Gasteiger partial charge in [-0.1, -0.05) is 31.4 Å². The minimum absolute atomic E-state index is 0.198. The third-order valence-electron chi connectivity index (χ3n) is 5.01. The molecule has 0 aliphatic carbocycles. The molecule has 34 heavy (non-hydrogen) atoms. The summed E-state index contributed by atoms with van der Waals surface area (Å²) in [5.74, 6) is 0.298. The highest BCUT2D eigenvalue weighted by Gasteiger charge is 2.21. The highest BCUT2D eigenvalue weighted by atomic mass is 32.1. The van der Waals surface area contributed by atoms with Gasteiger partial charge in [-0.15, -0.1) is 0 Å². The fourth-order valence-corrected chi connectivity index (χ4v) is 3.42. The maximum absolute atomic E-state index is 12.6. The van der Waals surface area contributed by atoms with Crippen LogP contribution < -0.4 is 19.6 Å². The van der Waals surface area contributed by atoms with Crippen molar-refractivity contribution in [3.05, 3.63) is 53.1 Å². The lowest BCUT2D eigenvalue weighted by molar-refractivity contribution is -0.139. The average Bonchev–Trinajstić information content (AvgIpc) is 2.86. The van der Waals surface area contributed by atoms with E-state index >= 15 is 0 Å². The summed E-state index contributed by atoms with van der Waals surface area (Å²) in [6.45, 7) is 1.83. The summed E-state index contributed by atoms with van der Waals surface area (Å²) in [5, 5.41) is 1.30. The molecule has 1 amide bonds. The number of carbonyl (C=O) groups excluding carboxylic acids is 2. The minimum atomic E-state index is -0.811. The van der Waals surface area contributed by atoms with Gasteiger partial charge in [-0.25, -0.2) is 0 Å². The molecule has 182 valence electrons. The summed E-state index contributed by atoms with van der Waals surface area (Å²) in [4.78, 5) is 27.4. The monoisotopic (exact) mass is 503 g/mol. The van der Waals surface area contributed by atoms with Crippen molar-refractivity contribution >= 4 is 46.1 Å². The van der Waals surface area contributed by atoms with E-state index in [9.17, 15) is 9.59 Å². The van der Waals surface area contributed by atoms with Crippen LogP contribution in [0.25, 0.3) is 0 Å². The number of aryl methyl sites for hydroxylation is 1. The number of nitrogens with one attached hydrogen (secondary N) is 1. The molecule has 2 aromatic carbocycles. The Kier molecular flexibility index (Phi) is 9.76. The van der Waals surface area contributed by atoms with E-state index in [2.05, 4.69) is 5.43 Å². The first-order valence-corrected chi connectivity index (χ1v) is 11.2. The zero-order valence-electron chi connectivity index (χ0n) is 20.1. The number of hydrazine groups is 1. The maximum atomic E-state index is 12.6. The second-order valence-corrected chi connectivity index (χ2v) is 8.19. The van der Waals surface area contributed by atoms with Gasteiger partial charge in [0.25, 0.3) is 0 Å². The van der Waals surface area contributed by atoms with Crippen molar-refractivity contribution < 1.29 is 23.8 Å². The van der Waals surface area contributed by atoms with Crippen molar-refractivity contribution in [1.29, 1.82) is 0 Å². The van der Waals surface area contributed by atoms with Gasteiger partial charge in [-0.05, 0) is 42.3 Å². The van der Waals surface area contributed by atoms with Crippen LogP contribution in [0.15, 0.2) is 36.4 Å². The van der Waals surface area contributed by atoms with Gasteiger partial charge in [0, 0.05) is 31.3 Å². The number of likely N-dealkylation sites (N-methyl/N-ethyl adjacent to an activating group) is 1. The van der Waals surface area contributed by atoms with Gasteiger partial charge in [-0.3, -0.25) is 20.0 Å². The number of methoxy groups -OCH3 is 3. The number of nitrogens with zero attached hydrogens (tertiary/aromatic N) is 2. The third-order valence-corrected chi connectivity index (χ3v) is 6.07. The largest absolute Gasteiger partial charge is 0.497 e. The van der Waals surface area contributed by atoms with Gasteiger partial charge in [0.05, 0.1) is 27.9 Å². The number of ketones is 1. The van der Waals surface area contributed by atoms with Gasteiger partial charge >= 0.3 is 5.91 Å². The molecular formula is C24H29N3O5S2. The van der Waals surface area contributed by atoms with Gasteiger partial charge in [0.1, 0.15) is 27.2 Å². The van der Waals surface area contributed by atoms with E-state index in [-0.39, 0.29) is 11.5 Å². The number of benzene rings is 2. The Labute approximate surface area is 210 Å². The van der Waals surface area contributed by atoms with E-state index < -0.39 is 11.7 Å². The Bertz CT molecular complexity index is 960. The standard InChI is InChI=1S/C24H29N3O5S2/c1-7-15-8-16(10-18(9-15)30-4)23(33)26(2)14-21(28)22(29)25-27(3)24(34)17-11-19(31-5)13-20(12-17)32-6/h8-13H,7,14H2,1-6H3,(H,25,29). The van der Waals surface area contributed by atoms with Crippen LogP contribution in [0.4, 0.5) is 0 Å². The smallest absolute Gasteiger partial charge is 0.307 e. The molecule has 0 aliphatic heterocycles. The fraction of sp³-hybridized carbons (Fsp3) is 0.333. The molecule has 0 unspecified atom stereocenters. The number of amides is 1. The van der Waals surface area contributed by atoms with Crippen LogP contribution in [0.3, 0.4) is 0 Å². The molecule has 0 saturated carbocycles. The van der Waals surface area contributed by atoms with E-state index in [1.807, 2.05) is 19.1 Å². The van der Waals surface area contributed by atoms with Crippen LogP contribution in [0.5, 0.6) is 17.2 Å². The molecule has 0 heterocycles. The summed E-state index contributed by atoms with van der Waals surface area (Å²) in [6.07, 6.45) is 0.809. The number of rotatable bonds is 9. The normalized spacial score (nSPS) is 10.2. The Balaban J connectivity index is 2.05. The highest BCUT2D eigenvalue weighted by Crippen LogP contribution is 2.23. The van der Waals surface area contributed by atoms with E-state index in [1.54, 1.807) is 50.4 Å². The molecule has 8 nitrogen and oxygen atoms in total. The van der Waals surface area contributed by atoms with Crippen LogP contribution >= 0.6 is 24.4 Å². The zero-order valence-corrected chi connectivity index (χ0v) is 21.8. The molecule has 0 spiro atoms. The van der Waals surface area contributed by atoms with Crippen LogP contribution in [0.1, 0.15) is 23.6 Å². The lowest BCUT2D eigenvalue weighted by Gasteiger charge is -2.23. The molecule has 1 N–H and O–H groups in total. The van der Waals surface area contributed by atoms with Crippen LogP contribution in [-0.4, -0.2) is 73.5 Å². The second-order valence-electron chi connectivity index (χ2n) is 7.41. The lowest BCUT2D eigenvalue weighted by Crippen LogP contribution is -2.48. The van der Waals surface area contributed by atoms with E-state index in [4.69, 9.17) is 38.6 Å². The first-order valence-electron chi connectivity index (χ1n) is 10.4. The molecule has 2 rings (SSSR count). The molecule has 2 aromatic rings. The summed E-state index contributed by atoms with van der Waals surface area (Å²) in [5.41, 5.74) is 4.89. The molecular weight excluding hydrogens is 474 g/mol. The fourth-order valence-electron chi connectivity index (χ4n) is 3.08. The van der Waals surface area contributed by atoms with Crippen molar-refractivity contribution in [3.8, 4) is 17.2 Å². The molecule has 0 fully saturated rings. The molecule has 0 atom stereocenters. The van der Waals surface area contributed by atoms with Crippen LogP contribution in [-0.2, 0) is 16.0 Å². The molecule has 10 heteroatoms. The molecule has 0 bridgehead atoms. The Hall–Kier alpha value is -3.24. The van der Waals surface area contributed by atoms with Crippen LogP contribution in [0.2, 0.25) is 0 Å². The Morgan fingerprint density at radius 1 is 0.824 bits per heavy atom. The van der Waals surface area contributed by atoms with Gasteiger partial charge < -0.3 is 19.1 Å². The average molecular weight is 504 g/mol. The number of ether oxygens (including phenoxy) is 3.